The van der Waals surface area contributed by atoms with E-state index in [-0.39, 0.29) is 24.5 Å². The van der Waals surface area contributed by atoms with Crippen LogP contribution in [0.1, 0.15) is 18.9 Å². The zero-order valence-corrected chi connectivity index (χ0v) is 16.6. The summed E-state index contributed by atoms with van der Waals surface area (Å²) in [6.07, 6.45) is 0.588. The van der Waals surface area contributed by atoms with Crippen molar-refractivity contribution in [3.8, 4) is 0 Å². The van der Waals surface area contributed by atoms with Gasteiger partial charge < -0.3 is 5.32 Å². The number of rotatable bonds is 8. The summed E-state index contributed by atoms with van der Waals surface area (Å²) in [4.78, 5) is 12.4. The van der Waals surface area contributed by atoms with Gasteiger partial charge in [-0.05, 0) is 42.3 Å². The molecule has 0 saturated carbocycles. The van der Waals surface area contributed by atoms with Gasteiger partial charge in [0.05, 0.1) is 11.4 Å². The molecule has 1 N–H and O–H groups in total. The van der Waals surface area contributed by atoms with Gasteiger partial charge in [0.25, 0.3) is 0 Å². The lowest BCUT2D eigenvalue weighted by molar-refractivity contribution is -0.121. The molecule has 0 unspecified atom stereocenters. The molecule has 5 nitrogen and oxygen atoms in total. The van der Waals surface area contributed by atoms with Gasteiger partial charge in [0.15, 0.2) is 0 Å². The topological polar surface area (TPSA) is 66.5 Å². The second-order valence-electron chi connectivity index (χ2n) is 5.66. The standard InChI is InChI=1S/C18H20Cl2N2O3S/c1-2-11-22(26(24,25)16-9-7-15(19)8-10-16)13-18(23)21-12-14-5-3-4-6-17(14)20/h3-10H,2,11-13H2,1H3,(H,21,23). The van der Waals surface area contributed by atoms with Gasteiger partial charge in [0.2, 0.25) is 15.9 Å². The molecule has 8 heteroatoms. The number of carbonyl (C=O) groups excluding carboxylic acids is 1. The first-order chi connectivity index (χ1) is 12.3. The molecule has 2 aromatic carbocycles. The molecule has 26 heavy (non-hydrogen) atoms. The number of hydrogen-bond donors (Lipinski definition) is 1. The van der Waals surface area contributed by atoms with Crippen LogP contribution in [0.2, 0.25) is 10.0 Å². The number of nitrogens with zero attached hydrogens (tertiary/aromatic N) is 1. The summed E-state index contributed by atoms with van der Waals surface area (Å²) in [5, 5.41) is 3.71. The van der Waals surface area contributed by atoms with E-state index in [1.807, 2.05) is 13.0 Å². The highest BCUT2D eigenvalue weighted by molar-refractivity contribution is 7.89. The average molecular weight is 415 g/mol. The number of halogens is 2. The van der Waals surface area contributed by atoms with Crippen molar-refractivity contribution in [2.24, 2.45) is 0 Å². The molecule has 0 aliphatic heterocycles. The fourth-order valence-corrected chi connectivity index (χ4v) is 4.16. The minimum Gasteiger partial charge on any atom is -0.351 e. The fourth-order valence-electron chi connectivity index (χ4n) is 2.34. The molecule has 0 aromatic heterocycles. The Morgan fingerprint density at radius 2 is 1.73 bits per heavy atom. The Morgan fingerprint density at radius 1 is 1.08 bits per heavy atom. The smallest absolute Gasteiger partial charge is 0.243 e. The molecule has 140 valence electrons. The Balaban J connectivity index is 2.08. The van der Waals surface area contributed by atoms with Crippen LogP contribution in [0.5, 0.6) is 0 Å². The first kappa shape index (κ1) is 20.7. The van der Waals surface area contributed by atoms with Crippen molar-refractivity contribution in [3.63, 3.8) is 0 Å². The van der Waals surface area contributed by atoms with Crippen LogP contribution in [0, 0.1) is 0 Å². The lowest BCUT2D eigenvalue weighted by atomic mass is 10.2. The zero-order valence-electron chi connectivity index (χ0n) is 14.3. The summed E-state index contributed by atoms with van der Waals surface area (Å²) < 4.78 is 26.7. The third kappa shape index (κ3) is 5.45. The average Bonchev–Trinajstić information content (AvgIpc) is 2.61. The molecule has 0 atom stereocenters. The van der Waals surface area contributed by atoms with E-state index in [1.165, 1.54) is 24.3 Å². The number of carbonyl (C=O) groups is 1. The third-order valence-electron chi connectivity index (χ3n) is 3.68. The Morgan fingerprint density at radius 3 is 2.35 bits per heavy atom. The van der Waals surface area contributed by atoms with E-state index in [0.717, 1.165) is 9.87 Å². The van der Waals surface area contributed by atoms with Gasteiger partial charge in [0.1, 0.15) is 0 Å². The fraction of sp³-hybridized carbons (Fsp3) is 0.278. The van der Waals surface area contributed by atoms with Crippen molar-refractivity contribution in [1.29, 1.82) is 0 Å². The number of nitrogens with one attached hydrogen (secondary N) is 1. The summed E-state index contributed by atoms with van der Waals surface area (Å²) in [6, 6.07) is 13.0. The van der Waals surface area contributed by atoms with Crippen LogP contribution in [-0.2, 0) is 21.4 Å². The number of amides is 1. The van der Waals surface area contributed by atoms with Crippen molar-refractivity contribution in [2.45, 2.75) is 24.8 Å². The maximum atomic E-state index is 12.8. The molecule has 0 aliphatic rings. The van der Waals surface area contributed by atoms with Crippen LogP contribution in [0.15, 0.2) is 53.4 Å². The molecule has 0 fully saturated rings. The minimum absolute atomic E-state index is 0.106. The highest BCUT2D eigenvalue weighted by Crippen LogP contribution is 2.19. The zero-order chi connectivity index (χ0) is 19.2. The minimum atomic E-state index is -3.78. The van der Waals surface area contributed by atoms with E-state index in [9.17, 15) is 13.2 Å². The van der Waals surface area contributed by atoms with Gasteiger partial charge in [0, 0.05) is 23.1 Å². The van der Waals surface area contributed by atoms with Crippen molar-refractivity contribution < 1.29 is 13.2 Å². The first-order valence-electron chi connectivity index (χ1n) is 8.10. The molecule has 0 aliphatic carbocycles. The van der Waals surface area contributed by atoms with Gasteiger partial charge in [-0.15, -0.1) is 0 Å². The predicted octanol–water partition coefficient (Wildman–Crippen LogP) is 3.71. The Bertz CT molecular complexity index is 855. The van der Waals surface area contributed by atoms with Crippen LogP contribution < -0.4 is 5.32 Å². The molecule has 2 rings (SSSR count). The SMILES string of the molecule is CCCN(CC(=O)NCc1ccccc1Cl)S(=O)(=O)c1ccc(Cl)cc1. The molecule has 2 aromatic rings. The van der Waals surface area contributed by atoms with Crippen molar-refractivity contribution in [1.82, 2.24) is 9.62 Å². The Kier molecular flexibility index (Phi) is 7.46. The highest BCUT2D eigenvalue weighted by atomic mass is 35.5. The maximum absolute atomic E-state index is 12.8. The van der Waals surface area contributed by atoms with Crippen LogP contribution in [-0.4, -0.2) is 31.7 Å². The quantitative estimate of drug-likeness (QED) is 0.715. The van der Waals surface area contributed by atoms with Crippen LogP contribution in [0.3, 0.4) is 0 Å². The Labute approximate surface area is 164 Å². The number of hydrogen-bond acceptors (Lipinski definition) is 3. The lowest BCUT2D eigenvalue weighted by Gasteiger charge is -2.21. The normalized spacial score (nSPS) is 11.5. The maximum Gasteiger partial charge on any atom is 0.243 e. The molecule has 0 spiro atoms. The second kappa shape index (κ2) is 9.37. The molecule has 0 bridgehead atoms. The lowest BCUT2D eigenvalue weighted by Crippen LogP contribution is -2.40. The predicted molar refractivity (Wildman–Crippen MR) is 104 cm³/mol. The van der Waals surface area contributed by atoms with E-state index in [0.29, 0.717) is 16.5 Å². The molecular weight excluding hydrogens is 395 g/mol. The van der Waals surface area contributed by atoms with Crippen molar-refractivity contribution >= 4 is 39.1 Å². The summed E-state index contributed by atoms with van der Waals surface area (Å²) >= 11 is 11.9. The molecular formula is C18H20Cl2N2O3S. The van der Waals surface area contributed by atoms with E-state index >= 15 is 0 Å². The van der Waals surface area contributed by atoms with Gasteiger partial charge in [-0.25, -0.2) is 8.42 Å². The first-order valence-corrected chi connectivity index (χ1v) is 10.3. The second-order valence-corrected chi connectivity index (χ2v) is 8.44. The molecule has 1 amide bonds. The molecule has 0 heterocycles. The van der Waals surface area contributed by atoms with Gasteiger partial charge in [-0.1, -0.05) is 48.3 Å². The monoisotopic (exact) mass is 414 g/mol. The van der Waals surface area contributed by atoms with Crippen LogP contribution in [0.25, 0.3) is 0 Å². The van der Waals surface area contributed by atoms with Crippen LogP contribution in [0.4, 0.5) is 0 Å². The van der Waals surface area contributed by atoms with Crippen LogP contribution >= 0.6 is 23.2 Å². The van der Waals surface area contributed by atoms with Crippen molar-refractivity contribution in [3.05, 3.63) is 64.1 Å². The number of benzene rings is 2. The highest BCUT2D eigenvalue weighted by Gasteiger charge is 2.25. The van der Waals surface area contributed by atoms with Gasteiger partial charge in [-0.2, -0.15) is 4.31 Å². The summed E-state index contributed by atoms with van der Waals surface area (Å²) in [7, 11) is -3.78. The molecule has 0 saturated heterocycles. The summed E-state index contributed by atoms with van der Waals surface area (Å²) in [5.41, 5.74) is 0.769. The van der Waals surface area contributed by atoms with E-state index in [1.54, 1.807) is 18.2 Å². The van der Waals surface area contributed by atoms with Crippen molar-refractivity contribution in [2.75, 3.05) is 13.1 Å². The summed E-state index contributed by atoms with van der Waals surface area (Å²) in [6.45, 7) is 2.07. The van der Waals surface area contributed by atoms with E-state index in [2.05, 4.69) is 5.32 Å². The largest absolute Gasteiger partial charge is 0.351 e. The van der Waals surface area contributed by atoms with E-state index < -0.39 is 15.9 Å². The molecule has 0 radical (unpaired) electrons. The van der Waals surface area contributed by atoms with Gasteiger partial charge >= 0.3 is 0 Å². The van der Waals surface area contributed by atoms with E-state index in [4.69, 9.17) is 23.2 Å². The Hall–Kier alpha value is -1.60. The summed E-state index contributed by atoms with van der Waals surface area (Å²) in [5.74, 6) is -0.393. The van der Waals surface area contributed by atoms with Gasteiger partial charge in [-0.3, -0.25) is 4.79 Å². The number of sulfonamides is 1. The third-order valence-corrected chi connectivity index (χ3v) is 6.16.